The third kappa shape index (κ3) is 3.75. The van der Waals surface area contributed by atoms with E-state index < -0.39 is 5.97 Å². The van der Waals surface area contributed by atoms with Gasteiger partial charge in [0.05, 0.1) is 19.4 Å². The summed E-state index contributed by atoms with van der Waals surface area (Å²) < 4.78 is 11.2. The average molecular weight is 268 g/mol. The molecule has 8 heteroatoms. The maximum Gasteiger partial charge on any atom is 0.360 e. The number of hydrogen-bond donors (Lipinski definition) is 1. The van der Waals surface area contributed by atoms with Crippen molar-refractivity contribution >= 4 is 11.9 Å². The third-order valence-corrected chi connectivity index (χ3v) is 2.79. The molecular weight excluding hydrogens is 252 g/mol. The number of methoxy groups -OCH3 is 1. The summed E-state index contributed by atoms with van der Waals surface area (Å²) in [6.07, 6.45) is 3.48. The molecule has 1 N–H and O–H groups in total. The minimum absolute atomic E-state index is 0.0106. The smallest absolute Gasteiger partial charge is 0.360 e. The summed E-state index contributed by atoms with van der Waals surface area (Å²) >= 11 is 0. The summed E-state index contributed by atoms with van der Waals surface area (Å²) in [6, 6.07) is 0. The molecular formula is C11H16N4O4. The van der Waals surface area contributed by atoms with E-state index in [2.05, 4.69) is 20.4 Å². The zero-order valence-electron chi connectivity index (χ0n) is 10.7. The summed E-state index contributed by atoms with van der Waals surface area (Å²) in [7, 11) is 1.26. The van der Waals surface area contributed by atoms with Gasteiger partial charge in [-0.2, -0.15) is 0 Å². The number of carbonyl (C=O) groups excluding carboxylic acids is 2. The zero-order valence-corrected chi connectivity index (χ0v) is 10.7. The molecule has 0 saturated carbocycles. The summed E-state index contributed by atoms with van der Waals surface area (Å²) in [6.45, 7) is 1.26. The molecule has 1 unspecified atom stereocenters. The van der Waals surface area contributed by atoms with Gasteiger partial charge in [0.2, 0.25) is 5.91 Å². The Morgan fingerprint density at radius 3 is 3.16 bits per heavy atom. The van der Waals surface area contributed by atoms with E-state index in [9.17, 15) is 9.59 Å². The Morgan fingerprint density at radius 1 is 1.63 bits per heavy atom. The number of nitrogens with zero attached hydrogens (tertiary/aromatic N) is 3. The fourth-order valence-corrected chi connectivity index (χ4v) is 1.81. The van der Waals surface area contributed by atoms with Crippen molar-refractivity contribution in [1.29, 1.82) is 0 Å². The maximum absolute atomic E-state index is 11.6. The normalized spacial score (nSPS) is 18.3. The SMILES string of the molecule is COC(=O)c1cn(CC(=O)NCC2CCCO2)nn1. The van der Waals surface area contributed by atoms with E-state index >= 15 is 0 Å². The van der Waals surface area contributed by atoms with Crippen molar-refractivity contribution in [2.24, 2.45) is 0 Å². The van der Waals surface area contributed by atoms with Crippen LogP contribution in [-0.2, 0) is 20.8 Å². The van der Waals surface area contributed by atoms with Crippen molar-refractivity contribution in [3.63, 3.8) is 0 Å². The molecule has 8 nitrogen and oxygen atoms in total. The van der Waals surface area contributed by atoms with Crippen LogP contribution in [0.4, 0.5) is 0 Å². The quantitative estimate of drug-likeness (QED) is 0.714. The highest BCUT2D eigenvalue weighted by Gasteiger charge is 2.17. The largest absolute Gasteiger partial charge is 0.464 e. The second kappa shape index (κ2) is 6.28. The van der Waals surface area contributed by atoms with Gasteiger partial charge in [-0.15, -0.1) is 5.10 Å². The first-order valence-electron chi connectivity index (χ1n) is 6.06. The molecule has 0 aromatic carbocycles. The van der Waals surface area contributed by atoms with Gasteiger partial charge in [0.25, 0.3) is 0 Å². The Balaban J connectivity index is 1.78. The van der Waals surface area contributed by atoms with E-state index in [1.807, 2.05) is 0 Å². The molecule has 1 atom stereocenters. The second-order valence-electron chi connectivity index (χ2n) is 4.23. The number of ether oxygens (including phenoxy) is 2. The van der Waals surface area contributed by atoms with E-state index in [-0.39, 0.29) is 24.2 Å². The molecule has 2 rings (SSSR count). The molecule has 1 amide bonds. The van der Waals surface area contributed by atoms with E-state index in [0.717, 1.165) is 19.4 Å². The Hall–Kier alpha value is -1.96. The van der Waals surface area contributed by atoms with Gasteiger partial charge in [-0.25, -0.2) is 9.48 Å². The lowest BCUT2D eigenvalue weighted by atomic mass is 10.2. The summed E-state index contributed by atoms with van der Waals surface area (Å²) in [5.41, 5.74) is 0.0782. The lowest BCUT2D eigenvalue weighted by molar-refractivity contribution is -0.122. The Bertz CT molecular complexity index is 453. The number of carbonyl (C=O) groups is 2. The second-order valence-corrected chi connectivity index (χ2v) is 4.23. The molecule has 104 valence electrons. The van der Waals surface area contributed by atoms with Crippen molar-refractivity contribution < 1.29 is 19.1 Å². The van der Waals surface area contributed by atoms with Crippen LogP contribution in [0, 0.1) is 0 Å². The summed E-state index contributed by atoms with van der Waals surface area (Å²) in [4.78, 5) is 22.8. The van der Waals surface area contributed by atoms with Crippen LogP contribution in [0.3, 0.4) is 0 Å². The van der Waals surface area contributed by atoms with Crippen LogP contribution < -0.4 is 5.32 Å². The van der Waals surface area contributed by atoms with Crippen LogP contribution in [0.2, 0.25) is 0 Å². The Morgan fingerprint density at radius 2 is 2.47 bits per heavy atom. The van der Waals surface area contributed by atoms with Gasteiger partial charge in [-0.05, 0) is 12.8 Å². The molecule has 1 aromatic heterocycles. The lowest BCUT2D eigenvalue weighted by Gasteiger charge is -2.10. The molecule has 0 spiro atoms. The molecule has 1 aliphatic rings. The number of hydrogen-bond acceptors (Lipinski definition) is 6. The zero-order chi connectivity index (χ0) is 13.7. The van der Waals surface area contributed by atoms with E-state index in [1.54, 1.807) is 0 Å². The molecule has 1 saturated heterocycles. The number of nitrogens with one attached hydrogen (secondary N) is 1. The predicted molar refractivity (Wildman–Crippen MR) is 63.3 cm³/mol. The number of rotatable bonds is 5. The first kappa shape index (κ1) is 13.5. The van der Waals surface area contributed by atoms with Gasteiger partial charge in [-0.3, -0.25) is 4.79 Å². The summed E-state index contributed by atoms with van der Waals surface area (Å²) in [5.74, 6) is -0.775. The van der Waals surface area contributed by atoms with Gasteiger partial charge in [0, 0.05) is 13.2 Å². The van der Waals surface area contributed by atoms with Gasteiger partial charge >= 0.3 is 5.97 Å². The lowest BCUT2D eigenvalue weighted by Crippen LogP contribution is -2.34. The third-order valence-electron chi connectivity index (χ3n) is 2.79. The van der Waals surface area contributed by atoms with Crippen LogP contribution in [0.25, 0.3) is 0 Å². The van der Waals surface area contributed by atoms with E-state index in [4.69, 9.17) is 4.74 Å². The van der Waals surface area contributed by atoms with Gasteiger partial charge in [0.15, 0.2) is 5.69 Å². The molecule has 2 heterocycles. The average Bonchev–Trinajstić information content (AvgIpc) is 3.06. The number of aromatic nitrogens is 3. The van der Waals surface area contributed by atoms with E-state index in [0.29, 0.717) is 6.54 Å². The van der Waals surface area contributed by atoms with Crippen molar-refractivity contribution in [2.45, 2.75) is 25.5 Å². The fraction of sp³-hybridized carbons (Fsp3) is 0.636. The Kier molecular flexibility index (Phi) is 4.45. The fourth-order valence-electron chi connectivity index (χ4n) is 1.81. The van der Waals surface area contributed by atoms with Crippen LogP contribution >= 0.6 is 0 Å². The molecule has 0 aliphatic carbocycles. The maximum atomic E-state index is 11.6. The van der Waals surface area contributed by atoms with Crippen LogP contribution in [-0.4, -0.2) is 53.2 Å². The first-order valence-corrected chi connectivity index (χ1v) is 6.06. The standard InChI is InChI=1S/C11H16N4O4/c1-18-11(17)9-6-15(14-13-9)7-10(16)12-5-8-3-2-4-19-8/h6,8H,2-5,7H2,1H3,(H,12,16). The van der Waals surface area contributed by atoms with Crippen molar-refractivity contribution in [3.8, 4) is 0 Å². The highest BCUT2D eigenvalue weighted by Crippen LogP contribution is 2.10. The molecule has 0 bridgehead atoms. The molecule has 19 heavy (non-hydrogen) atoms. The number of amides is 1. The van der Waals surface area contributed by atoms with Crippen molar-refractivity contribution in [3.05, 3.63) is 11.9 Å². The number of esters is 1. The molecule has 1 fully saturated rings. The highest BCUT2D eigenvalue weighted by atomic mass is 16.5. The van der Waals surface area contributed by atoms with Crippen LogP contribution in [0.15, 0.2) is 6.20 Å². The first-order chi connectivity index (χ1) is 9.19. The van der Waals surface area contributed by atoms with Gasteiger partial charge in [-0.1, -0.05) is 5.21 Å². The van der Waals surface area contributed by atoms with Gasteiger partial charge in [0.1, 0.15) is 6.54 Å². The highest BCUT2D eigenvalue weighted by molar-refractivity contribution is 5.86. The Labute approximate surface area is 110 Å². The van der Waals surface area contributed by atoms with Crippen molar-refractivity contribution in [1.82, 2.24) is 20.3 Å². The topological polar surface area (TPSA) is 95.3 Å². The minimum Gasteiger partial charge on any atom is -0.464 e. The van der Waals surface area contributed by atoms with Gasteiger partial charge < -0.3 is 14.8 Å². The molecule has 1 aromatic rings. The minimum atomic E-state index is -0.578. The molecule has 0 radical (unpaired) electrons. The summed E-state index contributed by atoms with van der Waals surface area (Å²) in [5, 5.41) is 10.0. The predicted octanol–water partition coefficient (Wildman–Crippen LogP) is -0.640. The van der Waals surface area contributed by atoms with Crippen LogP contribution in [0.1, 0.15) is 23.3 Å². The monoisotopic (exact) mass is 268 g/mol. The molecule has 1 aliphatic heterocycles. The van der Waals surface area contributed by atoms with Crippen LogP contribution in [0.5, 0.6) is 0 Å². The van der Waals surface area contributed by atoms with E-state index in [1.165, 1.54) is 18.0 Å². The van der Waals surface area contributed by atoms with Crippen molar-refractivity contribution in [2.75, 3.05) is 20.3 Å².